The number of hydrogen-bond acceptors (Lipinski definition) is 4. The summed E-state index contributed by atoms with van der Waals surface area (Å²) in [5.41, 5.74) is 1.51. The van der Waals surface area contributed by atoms with Crippen LogP contribution in [0, 0.1) is 0 Å². The number of hydrogen-bond donors (Lipinski definition) is 0. The first-order valence-corrected chi connectivity index (χ1v) is 8.85. The van der Waals surface area contributed by atoms with Crippen molar-refractivity contribution in [2.75, 3.05) is 0 Å². The summed E-state index contributed by atoms with van der Waals surface area (Å²) >= 11 is 0. The van der Waals surface area contributed by atoms with Gasteiger partial charge in [0.15, 0.2) is 0 Å². The molecule has 0 aromatic rings. The molecule has 0 heterocycles. The van der Waals surface area contributed by atoms with E-state index in [0.717, 1.165) is 25.7 Å². The van der Waals surface area contributed by atoms with Gasteiger partial charge in [0.25, 0.3) is 12.9 Å². The lowest BCUT2D eigenvalue weighted by Crippen LogP contribution is -2.24. The molecular formula is C22H36O4. The van der Waals surface area contributed by atoms with Crippen LogP contribution in [-0.2, 0) is 19.1 Å². The highest BCUT2D eigenvalue weighted by molar-refractivity contribution is 5.39. The molecule has 0 saturated heterocycles. The van der Waals surface area contributed by atoms with Gasteiger partial charge in [-0.1, -0.05) is 36.5 Å². The first kappa shape index (κ1) is 26.1. The molecular weight excluding hydrogens is 328 g/mol. The minimum absolute atomic E-state index is 0.476. The molecule has 4 heteroatoms. The molecule has 148 valence electrons. The van der Waals surface area contributed by atoms with Gasteiger partial charge in [0.2, 0.25) is 0 Å². The Kier molecular flexibility index (Phi) is 14.2. The maximum Gasteiger partial charge on any atom is 0.293 e. The topological polar surface area (TPSA) is 52.6 Å². The lowest BCUT2D eigenvalue weighted by molar-refractivity contribution is -0.139. The Bertz CT molecular complexity index is 450. The Labute approximate surface area is 159 Å². The predicted molar refractivity (Wildman–Crippen MR) is 109 cm³/mol. The number of allylic oxidation sites excluding steroid dienone is 4. The lowest BCUT2D eigenvalue weighted by atomic mass is 9.99. The average molecular weight is 365 g/mol. The SMILES string of the molecule is C=CC(C)(CCC=C(C)C)OC=O.C=CC(C)(CCC=C(C)C)OC=O. The van der Waals surface area contributed by atoms with Crippen molar-refractivity contribution >= 4 is 12.9 Å². The minimum atomic E-state index is -0.520. The fraction of sp³-hybridized carbons (Fsp3) is 0.545. The summed E-state index contributed by atoms with van der Waals surface area (Å²) in [6.07, 6.45) is 10.9. The van der Waals surface area contributed by atoms with E-state index in [-0.39, 0.29) is 0 Å². The first-order chi connectivity index (χ1) is 12.1. The summed E-state index contributed by atoms with van der Waals surface area (Å²) in [6, 6.07) is 0. The zero-order chi connectivity index (χ0) is 20.6. The second-order valence-electron chi connectivity index (χ2n) is 7.10. The van der Waals surface area contributed by atoms with Gasteiger partial charge in [0.1, 0.15) is 11.2 Å². The fourth-order valence-electron chi connectivity index (χ4n) is 1.93. The monoisotopic (exact) mass is 364 g/mol. The smallest absolute Gasteiger partial charge is 0.293 e. The fourth-order valence-corrected chi connectivity index (χ4v) is 1.93. The van der Waals surface area contributed by atoms with Crippen molar-refractivity contribution in [2.45, 2.75) is 78.4 Å². The van der Waals surface area contributed by atoms with Crippen LogP contribution >= 0.6 is 0 Å². The molecule has 0 aliphatic heterocycles. The van der Waals surface area contributed by atoms with Crippen molar-refractivity contribution in [1.29, 1.82) is 0 Å². The second kappa shape index (κ2) is 14.1. The van der Waals surface area contributed by atoms with Gasteiger partial charge in [-0.2, -0.15) is 0 Å². The van der Waals surface area contributed by atoms with Crippen molar-refractivity contribution in [3.63, 3.8) is 0 Å². The molecule has 0 fully saturated rings. The van der Waals surface area contributed by atoms with Crippen LogP contribution in [0.15, 0.2) is 48.6 Å². The number of carbonyl (C=O) groups excluding carboxylic acids is 2. The summed E-state index contributed by atoms with van der Waals surface area (Å²) < 4.78 is 9.87. The van der Waals surface area contributed by atoms with E-state index in [2.05, 4.69) is 25.3 Å². The molecule has 0 aliphatic rings. The van der Waals surface area contributed by atoms with Gasteiger partial charge < -0.3 is 9.47 Å². The Morgan fingerprint density at radius 3 is 1.27 bits per heavy atom. The molecule has 2 unspecified atom stereocenters. The van der Waals surface area contributed by atoms with E-state index < -0.39 is 11.2 Å². The zero-order valence-electron chi connectivity index (χ0n) is 17.3. The van der Waals surface area contributed by atoms with Crippen LogP contribution < -0.4 is 0 Å². The zero-order valence-corrected chi connectivity index (χ0v) is 17.3. The van der Waals surface area contributed by atoms with Crippen molar-refractivity contribution in [3.05, 3.63) is 48.6 Å². The Hall–Kier alpha value is -2.10. The average Bonchev–Trinajstić information content (AvgIpc) is 2.55. The number of ether oxygens (including phenoxy) is 2. The summed E-state index contributed by atoms with van der Waals surface area (Å²) in [4.78, 5) is 20.4. The molecule has 0 amide bonds. The molecule has 0 aliphatic carbocycles. The third-order valence-electron chi connectivity index (χ3n) is 3.88. The molecule has 0 aromatic carbocycles. The maximum absolute atomic E-state index is 10.2. The predicted octanol–water partition coefficient (Wildman–Crippen LogP) is 5.70. The first-order valence-electron chi connectivity index (χ1n) is 8.85. The van der Waals surface area contributed by atoms with Crippen molar-refractivity contribution < 1.29 is 19.1 Å². The third-order valence-corrected chi connectivity index (χ3v) is 3.88. The summed E-state index contributed by atoms with van der Waals surface area (Å²) in [7, 11) is 0. The van der Waals surface area contributed by atoms with Gasteiger partial charge in [-0.05, 0) is 79.4 Å². The molecule has 0 bridgehead atoms. The Morgan fingerprint density at radius 2 is 1.08 bits per heavy atom. The molecule has 0 saturated carbocycles. The third kappa shape index (κ3) is 14.3. The Morgan fingerprint density at radius 1 is 0.769 bits per heavy atom. The van der Waals surface area contributed by atoms with Gasteiger partial charge in [-0.3, -0.25) is 9.59 Å². The van der Waals surface area contributed by atoms with E-state index in [1.165, 1.54) is 11.1 Å². The Balaban J connectivity index is 0. The maximum atomic E-state index is 10.2. The largest absolute Gasteiger partial charge is 0.457 e. The molecule has 0 rings (SSSR count). The quantitative estimate of drug-likeness (QED) is 0.329. The standard InChI is InChI=1S/2C11H18O2/c2*1-5-11(4,13-9-12)8-6-7-10(2)3/h2*5,7,9H,1,6,8H2,2-4H3. The minimum Gasteiger partial charge on any atom is -0.457 e. The molecule has 0 radical (unpaired) electrons. The number of rotatable bonds is 12. The van der Waals surface area contributed by atoms with Crippen molar-refractivity contribution in [3.8, 4) is 0 Å². The summed E-state index contributed by atoms with van der Waals surface area (Å²) in [5, 5.41) is 0. The normalized spacial score (nSPS) is 14.1. The second-order valence-corrected chi connectivity index (χ2v) is 7.10. The number of carbonyl (C=O) groups is 2. The van der Waals surface area contributed by atoms with E-state index in [4.69, 9.17) is 9.47 Å². The van der Waals surface area contributed by atoms with Gasteiger partial charge in [0.05, 0.1) is 0 Å². The van der Waals surface area contributed by atoms with Gasteiger partial charge >= 0.3 is 0 Å². The van der Waals surface area contributed by atoms with Crippen LogP contribution in [0.1, 0.15) is 67.2 Å². The molecule has 2 atom stereocenters. The molecule has 4 nitrogen and oxygen atoms in total. The van der Waals surface area contributed by atoms with Gasteiger partial charge in [-0.15, -0.1) is 0 Å². The van der Waals surface area contributed by atoms with Crippen LogP contribution in [0.3, 0.4) is 0 Å². The van der Waals surface area contributed by atoms with E-state index in [0.29, 0.717) is 12.9 Å². The molecule has 0 spiro atoms. The molecule has 0 N–H and O–H groups in total. The summed E-state index contributed by atoms with van der Waals surface area (Å²) in [6.45, 7) is 20.1. The van der Waals surface area contributed by atoms with E-state index >= 15 is 0 Å². The molecule has 26 heavy (non-hydrogen) atoms. The van der Waals surface area contributed by atoms with Crippen LogP contribution in [0.5, 0.6) is 0 Å². The van der Waals surface area contributed by atoms with Crippen LogP contribution in [0.2, 0.25) is 0 Å². The van der Waals surface area contributed by atoms with Crippen LogP contribution in [0.25, 0.3) is 0 Å². The highest BCUT2D eigenvalue weighted by atomic mass is 16.5. The van der Waals surface area contributed by atoms with Crippen molar-refractivity contribution in [2.24, 2.45) is 0 Å². The van der Waals surface area contributed by atoms with Gasteiger partial charge in [0, 0.05) is 0 Å². The van der Waals surface area contributed by atoms with Gasteiger partial charge in [-0.25, -0.2) is 0 Å². The van der Waals surface area contributed by atoms with Crippen LogP contribution in [0.4, 0.5) is 0 Å². The van der Waals surface area contributed by atoms with Crippen molar-refractivity contribution in [1.82, 2.24) is 0 Å². The van der Waals surface area contributed by atoms with Crippen LogP contribution in [-0.4, -0.2) is 24.1 Å². The highest BCUT2D eigenvalue weighted by Gasteiger charge is 2.20. The van der Waals surface area contributed by atoms with E-state index in [9.17, 15) is 9.59 Å². The highest BCUT2D eigenvalue weighted by Crippen LogP contribution is 2.19. The molecule has 0 aromatic heterocycles. The summed E-state index contributed by atoms with van der Waals surface area (Å²) in [5.74, 6) is 0. The lowest BCUT2D eigenvalue weighted by Gasteiger charge is -2.22. The van der Waals surface area contributed by atoms with E-state index in [1.54, 1.807) is 12.2 Å². The van der Waals surface area contributed by atoms with E-state index in [1.807, 2.05) is 41.5 Å².